The van der Waals surface area contributed by atoms with E-state index in [2.05, 4.69) is 20.0 Å². The molecule has 1 aliphatic rings. The predicted molar refractivity (Wildman–Crippen MR) is 120 cm³/mol. The van der Waals surface area contributed by atoms with E-state index in [-0.39, 0.29) is 24.1 Å². The number of alkyl halides is 8. The molecule has 2 atom stereocenters. The molecule has 8 nitrogen and oxygen atoms in total. The SMILES string of the molecule is C[C@@](C(=O)NC1CCN(C(F)(F)F)CC1)(c1cncnc1)N(C(=O)[C@H](F)Cl)c1ccc(OC(F)(F)F)cc1. The summed E-state index contributed by atoms with van der Waals surface area (Å²) in [6, 6.07) is 2.92. The van der Waals surface area contributed by atoms with Crippen molar-refractivity contribution in [3.8, 4) is 5.75 Å². The van der Waals surface area contributed by atoms with Gasteiger partial charge in [-0.2, -0.15) is 13.2 Å². The highest BCUT2D eigenvalue weighted by molar-refractivity contribution is 6.32. The molecule has 2 heterocycles. The molecule has 0 bridgehead atoms. The van der Waals surface area contributed by atoms with Gasteiger partial charge in [0.2, 0.25) is 0 Å². The van der Waals surface area contributed by atoms with Crippen molar-refractivity contribution in [1.82, 2.24) is 20.2 Å². The number of carbonyl (C=O) groups excluding carboxylic acids is 2. The summed E-state index contributed by atoms with van der Waals surface area (Å²) in [7, 11) is 0. The molecule has 1 saturated heterocycles. The van der Waals surface area contributed by atoms with E-state index >= 15 is 0 Å². The second-order valence-electron chi connectivity index (χ2n) is 8.42. The van der Waals surface area contributed by atoms with Crippen molar-refractivity contribution in [1.29, 1.82) is 0 Å². The Morgan fingerprint density at radius 3 is 2.11 bits per heavy atom. The van der Waals surface area contributed by atoms with Crippen molar-refractivity contribution in [2.45, 2.75) is 49.6 Å². The Balaban J connectivity index is 2.00. The van der Waals surface area contributed by atoms with Gasteiger partial charge in [0, 0.05) is 42.8 Å². The summed E-state index contributed by atoms with van der Waals surface area (Å²) in [6.45, 7) is 0.414. The number of hydrogen-bond acceptors (Lipinski definition) is 6. The maximum Gasteiger partial charge on any atom is 0.573 e. The number of nitrogens with zero attached hydrogens (tertiary/aromatic N) is 4. The molecule has 1 aromatic carbocycles. The number of hydrogen-bond donors (Lipinski definition) is 1. The van der Waals surface area contributed by atoms with E-state index in [9.17, 15) is 40.3 Å². The number of ether oxygens (including phenoxy) is 1. The maximum atomic E-state index is 14.2. The Morgan fingerprint density at radius 2 is 1.63 bits per heavy atom. The Labute approximate surface area is 216 Å². The zero-order valence-electron chi connectivity index (χ0n) is 19.6. The molecule has 1 aromatic heterocycles. The first-order valence-corrected chi connectivity index (χ1v) is 11.4. The van der Waals surface area contributed by atoms with Gasteiger partial charge in [-0.05, 0) is 44.0 Å². The van der Waals surface area contributed by atoms with Crippen molar-refractivity contribution >= 4 is 29.1 Å². The van der Waals surface area contributed by atoms with Gasteiger partial charge >= 0.3 is 12.7 Å². The topological polar surface area (TPSA) is 87.7 Å². The highest BCUT2D eigenvalue weighted by Crippen LogP contribution is 2.36. The van der Waals surface area contributed by atoms with Gasteiger partial charge in [0.1, 0.15) is 12.1 Å². The van der Waals surface area contributed by atoms with E-state index in [1.165, 1.54) is 6.92 Å². The summed E-state index contributed by atoms with van der Waals surface area (Å²) in [6.07, 6.45) is -6.27. The van der Waals surface area contributed by atoms with Crippen LogP contribution in [0.25, 0.3) is 0 Å². The fourth-order valence-corrected chi connectivity index (χ4v) is 4.11. The molecule has 1 N–H and O–H groups in total. The molecule has 38 heavy (non-hydrogen) atoms. The zero-order valence-corrected chi connectivity index (χ0v) is 20.3. The second-order valence-corrected chi connectivity index (χ2v) is 8.80. The molecule has 1 aliphatic heterocycles. The number of benzene rings is 1. The number of rotatable bonds is 7. The highest BCUT2D eigenvalue weighted by Gasteiger charge is 2.48. The van der Waals surface area contributed by atoms with Gasteiger partial charge in [0.25, 0.3) is 17.4 Å². The van der Waals surface area contributed by atoms with E-state index in [1.54, 1.807) is 0 Å². The van der Waals surface area contributed by atoms with Crippen molar-refractivity contribution in [3.05, 3.63) is 48.5 Å². The summed E-state index contributed by atoms with van der Waals surface area (Å²) in [5.74, 6) is -3.02. The van der Waals surface area contributed by atoms with Crippen LogP contribution in [0.1, 0.15) is 25.3 Å². The lowest BCUT2D eigenvalue weighted by Crippen LogP contribution is -2.61. The van der Waals surface area contributed by atoms with Crippen molar-refractivity contribution in [3.63, 3.8) is 0 Å². The summed E-state index contributed by atoms with van der Waals surface area (Å²) in [4.78, 5) is 35.2. The normalized spacial score (nSPS) is 17.8. The van der Waals surface area contributed by atoms with Gasteiger partial charge in [-0.3, -0.25) is 14.5 Å². The van der Waals surface area contributed by atoms with E-state index < -0.39 is 60.5 Å². The number of likely N-dealkylation sites (tertiary alicyclic amines) is 1. The van der Waals surface area contributed by atoms with Crippen LogP contribution in [-0.4, -0.2) is 64.1 Å². The lowest BCUT2D eigenvalue weighted by Gasteiger charge is -2.41. The lowest BCUT2D eigenvalue weighted by molar-refractivity contribution is -0.274. The van der Waals surface area contributed by atoms with Gasteiger partial charge < -0.3 is 10.1 Å². The summed E-state index contributed by atoms with van der Waals surface area (Å²) in [5, 5.41) is 2.60. The van der Waals surface area contributed by atoms with Gasteiger partial charge in [0.05, 0.1) is 0 Å². The predicted octanol–water partition coefficient (Wildman–Crippen LogP) is 4.26. The van der Waals surface area contributed by atoms with Gasteiger partial charge in [-0.1, -0.05) is 11.6 Å². The van der Waals surface area contributed by atoms with Crippen molar-refractivity contribution in [2.24, 2.45) is 0 Å². The summed E-state index contributed by atoms with van der Waals surface area (Å²) >= 11 is 5.43. The van der Waals surface area contributed by atoms with Crippen LogP contribution in [0, 0.1) is 0 Å². The van der Waals surface area contributed by atoms with Crippen LogP contribution in [0.5, 0.6) is 5.75 Å². The minimum atomic E-state index is -5.01. The molecule has 16 heteroatoms. The van der Waals surface area contributed by atoms with Crippen LogP contribution < -0.4 is 15.0 Å². The van der Waals surface area contributed by atoms with Gasteiger partial charge in [0.15, 0.2) is 5.54 Å². The van der Waals surface area contributed by atoms with Crippen LogP contribution >= 0.6 is 11.6 Å². The van der Waals surface area contributed by atoms with Crippen LogP contribution in [0.4, 0.5) is 36.4 Å². The largest absolute Gasteiger partial charge is 0.573 e. The molecule has 0 saturated carbocycles. The molecule has 0 spiro atoms. The number of amides is 2. The number of anilines is 1. The molecule has 208 valence electrons. The van der Waals surface area contributed by atoms with Crippen LogP contribution in [0.2, 0.25) is 0 Å². The minimum absolute atomic E-state index is 0.0356. The standard InChI is InChI=1S/C22H21ClF7N5O3/c1-20(13-10-31-12-32-11-13,19(37)33-14-6-8-34(9-7-14)21(25,26)27)35(18(36)17(23)24)15-2-4-16(5-3-15)38-22(28,29)30/h2-5,10-12,14,17H,6-9H2,1H3,(H,33,37)/t17-,20-/m0/s1. The Hall–Kier alpha value is -3.20. The first-order valence-electron chi connectivity index (χ1n) is 11.0. The second kappa shape index (κ2) is 11.3. The summed E-state index contributed by atoms with van der Waals surface area (Å²) in [5.41, 5.74) is -5.08. The molecule has 2 aromatic rings. The molecule has 3 rings (SSSR count). The smallest absolute Gasteiger partial charge is 0.406 e. The third-order valence-electron chi connectivity index (χ3n) is 5.94. The molecule has 1 fully saturated rings. The number of halogens is 8. The van der Waals surface area contributed by atoms with E-state index in [4.69, 9.17) is 11.6 Å². The monoisotopic (exact) mass is 571 g/mol. The van der Waals surface area contributed by atoms with Crippen LogP contribution in [-0.2, 0) is 15.1 Å². The molecule has 2 amide bonds. The quantitative estimate of drug-likeness (QED) is 0.304. The van der Waals surface area contributed by atoms with Crippen LogP contribution in [0.3, 0.4) is 0 Å². The van der Waals surface area contributed by atoms with Crippen LogP contribution in [0.15, 0.2) is 43.0 Å². The lowest BCUT2D eigenvalue weighted by atomic mass is 9.89. The molecular weight excluding hydrogens is 551 g/mol. The van der Waals surface area contributed by atoms with Crippen molar-refractivity contribution in [2.75, 3.05) is 18.0 Å². The third-order valence-corrected chi connectivity index (χ3v) is 6.12. The molecular formula is C22H21ClF7N5O3. The van der Waals surface area contributed by atoms with E-state index in [1.807, 2.05) is 0 Å². The number of aromatic nitrogens is 2. The average molecular weight is 572 g/mol. The fraction of sp³-hybridized carbons (Fsp3) is 0.455. The number of nitrogens with one attached hydrogen (secondary N) is 1. The van der Waals surface area contributed by atoms with Crippen molar-refractivity contribution < 1.29 is 45.1 Å². The molecule has 0 unspecified atom stereocenters. The average Bonchev–Trinajstić information content (AvgIpc) is 2.84. The molecule has 0 aliphatic carbocycles. The molecule has 0 radical (unpaired) electrons. The fourth-order valence-electron chi connectivity index (χ4n) is 4.02. The number of carbonyl (C=O) groups is 2. The van der Waals surface area contributed by atoms with E-state index in [0.717, 1.165) is 43.0 Å². The first-order chi connectivity index (χ1) is 17.6. The van der Waals surface area contributed by atoms with Gasteiger partial charge in [-0.25, -0.2) is 19.3 Å². The minimum Gasteiger partial charge on any atom is -0.406 e. The van der Waals surface area contributed by atoms with Gasteiger partial charge in [-0.15, -0.1) is 13.2 Å². The Bertz CT molecular complexity index is 1110. The maximum absolute atomic E-state index is 14.2. The highest BCUT2D eigenvalue weighted by atomic mass is 35.5. The zero-order chi connectivity index (χ0) is 28.3. The third kappa shape index (κ3) is 6.81. The number of piperidine rings is 1. The summed E-state index contributed by atoms with van der Waals surface area (Å²) < 4.78 is 94.7. The Kier molecular flexibility index (Phi) is 8.71. The van der Waals surface area contributed by atoms with E-state index in [0.29, 0.717) is 9.80 Å². The first kappa shape index (κ1) is 29.4. The Morgan fingerprint density at radius 1 is 1.08 bits per heavy atom.